The number of hydrogen-bond donors (Lipinski definition) is 2. The number of aliphatic hydroxyl groups is 1. The van der Waals surface area contributed by atoms with Crippen LogP contribution in [-0.4, -0.2) is 33.4 Å². The highest BCUT2D eigenvalue weighted by molar-refractivity contribution is 5.67. The minimum atomic E-state index is -0.730. The van der Waals surface area contributed by atoms with Crippen molar-refractivity contribution in [3.05, 3.63) is 0 Å². The van der Waals surface area contributed by atoms with E-state index in [1.807, 2.05) is 0 Å². The molecule has 5 saturated carbocycles. The molecule has 2 atom stereocenters. The molecule has 6 heteroatoms. The van der Waals surface area contributed by atoms with Crippen molar-refractivity contribution in [2.45, 2.75) is 81.4 Å². The maximum absolute atomic E-state index is 10.9. The Bertz CT molecular complexity index is 536. The Morgan fingerprint density at radius 2 is 1.71 bits per heavy atom. The van der Waals surface area contributed by atoms with Gasteiger partial charge in [0.05, 0.1) is 5.60 Å². The van der Waals surface area contributed by atoms with E-state index in [9.17, 15) is 9.90 Å². The Morgan fingerprint density at radius 1 is 1.04 bits per heavy atom. The van der Waals surface area contributed by atoms with Gasteiger partial charge in [0.15, 0.2) is 0 Å². The standard InChI is InChI=1S/C18H26O6/c19-15(20)7-11-1-3-17(4-2-11)22-18(24-23-17)13-5-12-6-14(18)10-16(21,8-12)9-13/h11-14,21H,1-10H2,(H,19,20). The summed E-state index contributed by atoms with van der Waals surface area (Å²) in [6, 6.07) is 0. The highest BCUT2D eigenvalue weighted by Crippen LogP contribution is 2.65. The van der Waals surface area contributed by atoms with Gasteiger partial charge in [-0.05, 0) is 56.8 Å². The molecule has 4 bridgehead atoms. The number of carboxylic acids is 1. The summed E-state index contributed by atoms with van der Waals surface area (Å²) in [5.74, 6) is -0.888. The first-order chi connectivity index (χ1) is 11.4. The molecule has 0 radical (unpaired) electrons. The zero-order chi connectivity index (χ0) is 16.6. The maximum atomic E-state index is 10.9. The van der Waals surface area contributed by atoms with Gasteiger partial charge in [-0.2, -0.15) is 9.78 Å². The molecule has 0 amide bonds. The Balaban J connectivity index is 1.32. The molecule has 2 unspecified atom stereocenters. The summed E-state index contributed by atoms with van der Waals surface area (Å²) in [6.07, 6.45) is 7.75. The molecule has 134 valence electrons. The van der Waals surface area contributed by atoms with Crippen molar-refractivity contribution in [1.29, 1.82) is 0 Å². The molecule has 1 aliphatic heterocycles. The van der Waals surface area contributed by atoms with Gasteiger partial charge in [0.2, 0.25) is 11.6 Å². The third-order valence-corrected chi connectivity index (χ3v) is 7.29. The van der Waals surface area contributed by atoms with Crippen molar-refractivity contribution in [2.75, 3.05) is 0 Å². The average molecular weight is 338 g/mol. The van der Waals surface area contributed by atoms with E-state index in [-0.39, 0.29) is 24.2 Å². The van der Waals surface area contributed by atoms with Gasteiger partial charge in [0, 0.05) is 31.1 Å². The van der Waals surface area contributed by atoms with Crippen molar-refractivity contribution in [3.63, 3.8) is 0 Å². The van der Waals surface area contributed by atoms with Crippen LogP contribution in [0, 0.1) is 23.7 Å². The second kappa shape index (κ2) is 4.93. The van der Waals surface area contributed by atoms with E-state index in [0.29, 0.717) is 18.8 Å². The van der Waals surface area contributed by atoms with E-state index in [1.165, 1.54) is 0 Å². The highest BCUT2D eigenvalue weighted by Gasteiger charge is 2.69. The number of hydrogen-bond acceptors (Lipinski definition) is 5. The number of rotatable bonds is 2. The molecule has 5 aliphatic carbocycles. The van der Waals surface area contributed by atoms with Crippen LogP contribution in [0.1, 0.15) is 64.2 Å². The SMILES string of the molecule is O=C(O)CC1CCC2(CC1)OOC1(O2)C2CC3CC1CC(O)(C3)C2. The van der Waals surface area contributed by atoms with Crippen molar-refractivity contribution in [3.8, 4) is 0 Å². The first-order valence-corrected chi connectivity index (χ1v) is 9.42. The third kappa shape index (κ3) is 2.19. The summed E-state index contributed by atoms with van der Waals surface area (Å²) in [7, 11) is 0. The molecule has 0 aromatic carbocycles. The van der Waals surface area contributed by atoms with Crippen LogP contribution in [0.2, 0.25) is 0 Å². The normalized spacial score (nSPS) is 55.5. The molecule has 0 aromatic heterocycles. The summed E-state index contributed by atoms with van der Waals surface area (Å²) >= 11 is 0. The summed E-state index contributed by atoms with van der Waals surface area (Å²) < 4.78 is 6.55. The first-order valence-electron chi connectivity index (χ1n) is 9.42. The van der Waals surface area contributed by atoms with Crippen LogP contribution in [-0.2, 0) is 19.3 Å². The number of ether oxygens (including phenoxy) is 1. The molecule has 0 aromatic rings. The molecule has 1 saturated heterocycles. The van der Waals surface area contributed by atoms with E-state index in [0.717, 1.165) is 44.9 Å². The van der Waals surface area contributed by atoms with Crippen LogP contribution in [0.3, 0.4) is 0 Å². The largest absolute Gasteiger partial charge is 0.481 e. The number of carboxylic acid groups (broad SMARTS) is 1. The smallest absolute Gasteiger partial charge is 0.303 e. The van der Waals surface area contributed by atoms with E-state index in [4.69, 9.17) is 19.6 Å². The van der Waals surface area contributed by atoms with Gasteiger partial charge in [-0.3, -0.25) is 4.79 Å². The van der Waals surface area contributed by atoms with E-state index in [1.54, 1.807) is 0 Å². The van der Waals surface area contributed by atoms with Gasteiger partial charge >= 0.3 is 5.97 Å². The van der Waals surface area contributed by atoms with Gasteiger partial charge < -0.3 is 14.9 Å². The predicted molar refractivity (Wildman–Crippen MR) is 81.4 cm³/mol. The Kier molecular flexibility index (Phi) is 3.20. The Hall–Kier alpha value is -0.690. The topological polar surface area (TPSA) is 85.2 Å². The van der Waals surface area contributed by atoms with Crippen LogP contribution >= 0.6 is 0 Å². The van der Waals surface area contributed by atoms with Crippen molar-refractivity contribution < 1.29 is 29.5 Å². The molecule has 2 spiro atoms. The Morgan fingerprint density at radius 3 is 2.29 bits per heavy atom. The number of aliphatic carboxylic acids is 1. The van der Waals surface area contributed by atoms with Gasteiger partial charge in [0.25, 0.3) is 0 Å². The molecule has 2 N–H and O–H groups in total. The van der Waals surface area contributed by atoms with Crippen LogP contribution in [0.4, 0.5) is 0 Å². The molecular formula is C18H26O6. The minimum absolute atomic E-state index is 0.205. The van der Waals surface area contributed by atoms with Crippen LogP contribution in [0.15, 0.2) is 0 Å². The Labute approximate surface area is 141 Å². The van der Waals surface area contributed by atoms with Crippen molar-refractivity contribution >= 4 is 5.97 Å². The zero-order valence-corrected chi connectivity index (χ0v) is 13.9. The second-order valence-corrected chi connectivity index (χ2v) is 9.01. The van der Waals surface area contributed by atoms with Crippen LogP contribution < -0.4 is 0 Å². The average Bonchev–Trinajstić information content (AvgIpc) is 2.87. The van der Waals surface area contributed by atoms with E-state index >= 15 is 0 Å². The molecular weight excluding hydrogens is 312 g/mol. The fourth-order valence-corrected chi connectivity index (χ4v) is 6.41. The van der Waals surface area contributed by atoms with Gasteiger partial charge in [-0.15, -0.1) is 0 Å². The lowest BCUT2D eigenvalue weighted by Gasteiger charge is -2.60. The lowest BCUT2D eigenvalue weighted by atomic mass is 9.51. The summed E-state index contributed by atoms with van der Waals surface area (Å²) in [5.41, 5.74) is -0.524. The fourth-order valence-electron chi connectivity index (χ4n) is 6.41. The van der Waals surface area contributed by atoms with E-state index in [2.05, 4.69) is 0 Å². The number of carbonyl (C=O) groups is 1. The fraction of sp³-hybridized carbons (Fsp3) is 0.944. The van der Waals surface area contributed by atoms with Crippen molar-refractivity contribution in [2.24, 2.45) is 23.7 Å². The van der Waals surface area contributed by atoms with Gasteiger partial charge in [0.1, 0.15) is 0 Å². The molecule has 1 heterocycles. The zero-order valence-electron chi connectivity index (χ0n) is 13.9. The lowest BCUT2D eigenvalue weighted by Crippen LogP contribution is -2.64. The third-order valence-electron chi connectivity index (χ3n) is 7.29. The van der Waals surface area contributed by atoms with Crippen molar-refractivity contribution in [1.82, 2.24) is 0 Å². The second-order valence-electron chi connectivity index (χ2n) is 9.01. The molecule has 6 rings (SSSR count). The highest BCUT2D eigenvalue weighted by atomic mass is 17.3. The van der Waals surface area contributed by atoms with E-state index < -0.39 is 23.1 Å². The summed E-state index contributed by atoms with van der Waals surface area (Å²) in [5, 5.41) is 19.7. The van der Waals surface area contributed by atoms with Gasteiger partial charge in [-0.25, -0.2) is 0 Å². The minimum Gasteiger partial charge on any atom is -0.481 e. The monoisotopic (exact) mass is 338 g/mol. The molecule has 6 fully saturated rings. The summed E-state index contributed by atoms with van der Waals surface area (Å²) in [6.45, 7) is 0. The molecule has 24 heavy (non-hydrogen) atoms. The summed E-state index contributed by atoms with van der Waals surface area (Å²) in [4.78, 5) is 22.6. The molecule has 6 aliphatic rings. The first kappa shape index (κ1) is 15.6. The lowest BCUT2D eigenvalue weighted by molar-refractivity contribution is -0.397. The maximum Gasteiger partial charge on any atom is 0.303 e. The molecule has 6 nitrogen and oxygen atoms in total. The van der Waals surface area contributed by atoms with Crippen LogP contribution in [0.25, 0.3) is 0 Å². The van der Waals surface area contributed by atoms with Gasteiger partial charge in [-0.1, -0.05) is 0 Å². The van der Waals surface area contributed by atoms with Crippen LogP contribution in [0.5, 0.6) is 0 Å². The quantitative estimate of drug-likeness (QED) is 0.753. The predicted octanol–water partition coefficient (Wildman–Crippen LogP) is 2.59.